The monoisotopic (exact) mass is 422 g/mol. The fraction of sp³-hybridized carbons (Fsp3) is 0.783. The summed E-state index contributed by atoms with van der Waals surface area (Å²) in [6.45, 7) is 10.2. The average Bonchev–Trinajstić information content (AvgIpc) is 2.93. The van der Waals surface area contributed by atoms with Crippen molar-refractivity contribution in [1.82, 2.24) is 10.2 Å². The van der Waals surface area contributed by atoms with Crippen molar-refractivity contribution in [3.63, 3.8) is 0 Å². The average molecular weight is 423 g/mol. The van der Waals surface area contributed by atoms with Gasteiger partial charge in [0, 0.05) is 24.6 Å². The van der Waals surface area contributed by atoms with Gasteiger partial charge in [-0.2, -0.15) is 0 Å². The summed E-state index contributed by atoms with van der Waals surface area (Å²) in [6.07, 6.45) is 6.83. The van der Waals surface area contributed by atoms with Crippen molar-refractivity contribution in [2.75, 3.05) is 19.8 Å². The number of nitrogens with zero attached hydrogens (tertiary/aromatic N) is 1. The lowest BCUT2D eigenvalue weighted by molar-refractivity contribution is -0.155. The second-order valence-corrected chi connectivity index (χ2v) is 9.36. The van der Waals surface area contributed by atoms with Gasteiger partial charge in [-0.25, -0.2) is 0 Å². The molecule has 1 aliphatic heterocycles. The van der Waals surface area contributed by atoms with Gasteiger partial charge in [0.15, 0.2) is 0 Å². The zero-order chi connectivity index (χ0) is 22.5. The summed E-state index contributed by atoms with van der Waals surface area (Å²) in [5, 5.41) is 12.2. The van der Waals surface area contributed by atoms with Crippen molar-refractivity contribution in [2.45, 2.75) is 71.9 Å². The van der Waals surface area contributed by atoms with E-state index in [4.69, 9.17) is 9.84 Å². The molecule has 0 unspecified atom stereocenters. The number of aliphatic hydroxyl groups is 1. The summed E-state index contributed by atoms with van der Waals surface area (Å²) in [6, 6.07) is -0.656. The van der Waals surface area contributed by atoms with E-state index in [2.05, 4.69) is 12.2 Å². The lowest BCUT2D eigenvalue weighted by Gasteiger charge is -2.34. The molecular weight excluding hydrogens is 384 g/mol. The third-order valence-electron chi connectivity index (χ3n) is 5.87. The molecule has 1 saturated heterocycles. The molecule has 0 spiro atoms. The standard InChI is InChI=1S/C23H38N2O5/c1-6-10-15-11-12-16-18(17(15)22(29)30-7-2)21(28)25(13-8-9-14-26)19(16)20(27)24-23(3,4)5/h11-12,15-19,26H,6-10,13-14H2,1-5H3,(H,24,27)/t15-,16+,17-,18+,19+/m1/s1. The molecule has 0 radical (unpaired) electrons. The Hall–Kier alpha value is -1.89. The Labute approximate surface area is 180 Å². The number of allylic oxidation sites excluding steroid dienone is 1. The molecule has 5 atom stereocenters. The summed E-state index contributed by atoms with van der Waals surface area (Å²) in [5.41, 5.74) is -0.432. The van der Waals surface area contributed by atoms with E-state index >= 15 is 0 Å². The van der Waals surface area contributed by atoms with Crippen LogP contribution in [-0.2, 0) is 19.1 Å². The normalized spacial score (nSPS) is 28.4. The summed E-state index contributed by atoms with van der Waals surface area (Å²) >= 11 is 0. The van der Waals surface area contributed by atoms with Crippen LogP contribution >= 0.6 is 0 Å². The first-order valence-electron chi connectivity index (χ1n) is 11.2. The second-order valence-electron chi connectivity index (χ2n) is 9.36. The minimum atomic E-state index is -0.656. The molecule has 1 aliphatic carbocycles. The molecule has 2 aliphatic rings. The highest BCUT2D eigenvalue weighted by Gasteiger charge is 2.57. The highest BCUT2D eigenvalue weighted by atomic mass is 16.5. The van der Waals surface area contributed by atoms with E-state index in [9.17, 15) is 14.4 Å². The molecule has 0 bridgehead atoms. The minimum absolute atomic E-state index is 0.0394. The zero-order valence-electron chi connectivity index (χ0n) is 19.0. The van der Waals surface area contributed by atoms with Crippen LogP contribution in [0, 0.1) is 23.7 Å². The topological polar surface area (TPSA) is 95.9 Å². The molecule has 0 aromatic carbocycles. The van der Waals surface area contributed by atoms with E-state index in [1.807, 2.05) is 32.9 Å². The Kier molecular flexibility index (Phi) is 8.47. The van der Waals surface area contributed by atoms with Gasteiger partial charge in [0.1, 0.15) is 6.04 Å². The number of aliphatic hydroxyl groups excluding tert-OH is 1. The predicted molar refractivity (Wildman–Crippen MR) is 114 cm³/mol. The van der Waals surface area contributed by atoms with Crippen LogP contribution in [0.5, 0.6) is 0 Å². The maximum absolute atomic E-state index is 13.5. The van der Waals surface area contributed by atoms with Crippen LogP contribution in [0.15, 0.2) is 12.2 Å². The van der Waals surface area contributed by atoms with Gasteiger partial charge in [0.25, 0.3) is 0 Å². The molecule has 2 amide bonds. The highest BCUT2D eigenvalue weighted by molar-refractivity contribution is 5.96. The number of fused-ring (bicyclic) bond motifs is 1. The Morgan fingerprint density at radius 3 is 2.47 bits per heavy atom. The summed E-state index contributed by atoms with van der Waals surface area (Å²) < 4.78 is 5.35. The molecule has 1 fully saturated rings. The first-order chi connectivity index (χ1) is 14.2. The van der Waals surface area contributed by atoms with Gasteiger partial charge < -0.3 is 20.1 Å². The van der Waals surface area contributed by atoms with Crippen LogP contribution in [-0.4, -0.2) is 59.1 Å². The van der Waals surface area contributed by atoms with E-state index in [-0.39, 0.29) is 42.8 Å². The van der Waals surface area contributed by atoms with Gasteiger partial charge in [0.2, 0.25) is 11.8 Å². The van der Waals surface area contributed by atoms with Crippen LogP contribution in [0.1, 0.15) is 60.3 Å². The molecule has 170 valence electrons. The third kappa shape index (κ3) is 5.42. The Morgan fingerprint density at radius 1 is 1.20 bits per heavy atom. The fourth-order valence-electron chi connectivity index (χ4n) is 4.74. The lowest BCUT2D eigenvalue weighted by atomic mass is 9.68. The van der Waals surface area contributed by atoms with E-state index in [1.165, 1.54) is 0 Å². The Bertz CT molecular complexity index is 654. The molecule has 2 N–H and O–H groups in total. The number of nitrogens with one attached hydrogen (secondary N) is 1. The number of rotatable bonds is 9. The lowest BCUT2D eigenvalue weighted by Crippen LogP contribution is -2.52. The first kappa shape index (κ1) is 24.4. The predicted octanol–water partition coefficient (Wildman–Crippen LogP) is 2.28. The molecule has 7 heteroatoms. The second kappa shape index (κ2) is 10.4. The Morgan fingerprint density at radius 2 is 1.90 bits per heavy atom. The fourth-order valence-corrected chi connectivity index (χ4v) is 4.74. The third-order valence-corrected chi connectivity index (χ3v) is 5.87. The van der Waals surface area contributed by atoms with Crippen molar-refractivity contribution >= 4 is 17.8 Å². The molecule has 0 aromatic heterocycles. The van der Waals surface area contributed by atoms with Crippen molar-refractivity contribution in [3.05, 3.63) is 12.2 Å². The van der Waals surface area contributed by atoms with Gasteiger partial charge in [-0.1, -0.05) is 25.5 Å². The van der Waals surface area contributed by atoms with Crippen LogP contribution in [0.2, 0.25) is 0 Å². The highest BCUT2D eigenvalue weighted by Crippen LogP contribution is 2.45. The maximum Gasteiger partial charge on any atom is 0.310 e. The van der Waals surface area contributed by atoms with Gasteiger partial charge in [-0.3, -0.25) is 14.4 Å². The Balaban J connectivity index is 2.42. The number of amides is 2. The number of carbonyl (C=O) groups is 3. The molecule has 30 heavy (non-hydrogen) atoms. The van der Waals surface area contributed by atoms with Gasteiger partial charge in [-0.05, 0) is 52.9 Å². The van der Waals surface area contributed by atoms with Crippen molar-refractivity contribution in [3.8, 4) is 0 Å². The van der Waals surface area contributed by atoms with Crippen molar-refractivity contribution in [2.24, 2.45) is 23.7 Å². The number of likely N-dealkylation sites (tertiary alicyclic amines) is 1. The molecule has 1 heterocycles. The molecular formula is C23H38N2O5. The van der Waals surface area contributed by atoms with Gasteiger partial charge >= 0.3 is 5.97 Å². The number of unbranched alkanes of at least 4 members (excludes halogenated alkanes) is 1. The van der Waals surface area contributed by atoms with Crippen molar-refractivity contribution < 1.29 is 24.2 Å². The molecule has 7 nitrogen and oxygen atoms in total. The largest absolute Gasteiger partial charge is 0.466 e. The number of ether oxygens (including phenoxy) is 1. The number of hydrogen-bond donors (Lipinski definition) is 2. The number of hydrogen-bond acceptors (Lipinski definition) is 5. The first-order valence-corrected chi connectivity index (χ1v) is 11.2. The number of esters is 1. The summed E-state index contributed by atoms with van der Waals surface area (Å²) in [5.74, 6) is -2.30. The summed E-state index contributed by atoms with van der Waals surface area (Å²) in [4.78, 5) is 41.2. The van der Waals surface area contributed by atoms with E-state index in [0.717, 1.165) is 12.8 Å². The van der Waals surface area contributed by atoms with Gasteiger partial charge in [-0.15, -0.1) is 0 Å². The molecule has 2 rings (SSSR count). The number of carbonyl (C=O) groups excluding carboxylic acids is 3. The minimum Gasteiger partial charge on any atom is -0.466 e. The van der Waals surface area contributed by atoms with Crippen LogP contribution in [0.3, 0.4) is 0 Å². The SMILES string of the molecule is CCC[C@@H]1C=C[C@H]2[C@H](C(=O)N(CCCCO)[C@@H]2C(=O)NC(C)(C)C)[C@@H]1C(=O)OCC. The quantitative estimate of drug-likeness (QED) is 0.338. The molecule has 0 saturated carbocycles. The summed E-state index contributed by atoms with van der Waals surface area (Å²) in [7, 11) is 0. The maximum atomic E-state index is 13.5. The van der Waals surface area contributed by atoms with E-state index < -0.39 is 23.4 Å². The molecule has 0 aromatic rings. The van der Waals surface area contributed by atoms with Crippen molar-refractivity contribution in [1.29, 1.82) is 0 Å². The van der Waals surface area contributed by atoms with Crippen LogP contribution in [0.25, 0.3) is 0 Å². The van der Waals surface area contributed by atoms with E-state index in [1.54, 1.807) is 11.8 Å². The van der Waals surface area contributed by atoms with Crippen LogP contribution in [0.4, 0.5) is 0 Å². The van der Waals surface area contributed by atoms with Gasteiger partial charge in [0.05, 0.1) is 18.4 Å². The smallest absolute Gasteiger partial charge is 0.310 e. The van der Waals surface area contributed by atoms with E-state index in [0.29, 0.717) is 19.4 Å². The zero-order valence-corrected chi connectivity index (χ0v) is 19.0. The van der Waals surface area contributed by atoms with Crippen LogP contribution < -0.4 is 5.32 Å².